The normalized spacial score (nSPS) is 16.1. The van der Waals surface area contributed by atoms with Gasteiger partial charge in [-0.1, -0.05) is 18.2 Å². The number of nitrogens with zero attached hydrogens (tertiary/aromatic N) is 3. The van der Waals surface area contributed by atoms with Gasteiger partial charge in [0, 0.05) is 47.7 Å². The molecule has 0 aliphatic carbocycles. The van der Waals surface area contributed by atoms with Gasteiger partial charge in [-0.25, -0.2) is 9.97 Å². The van der Waals surface area contributed by atoms with Crippen LogP contribution in [-0.2, 0) is 0 Å². The Morgan fingerprint density at radius 3 is 2.70 bits per heavy atom. The minimum Gasteiger partial charge on any atom is -0.383 e. The maximum Gasteiger partial charge on any atom is 0.256 e. The average molecular weight is 398 g/mol. The summed E-state index contributed by atoms with van der Waals surface area (Å²) in [5.41, 5.74) is 9.94. The Hall–Kier alpha value is -3.71. The van der Waals surface area contributed by atoms with E-state index in [-0.39, 0.29) is 5.91 Å². The zero-order chi connectivity index (χ0) is 20.5. The maximum atomic E-state index is 12.5. The van der Waals surface area contributed by atoms with E-state index < -0.39 is 0 Å². The van der Waals surface area contributed by atoms with Crippen molar-refractivity contribution in [1.29, 1.82) is 0 Å². The minimum absolute atomic E-state index is 0.194. The molecule has 30 heavy (non-hydrogen) atoms. The number of benzene rings is 1. The fourth-order valence-electron chi connectivity index (χ4n) is 4.06. The van der Waals surface area contributed by atoms with Crippen molar-refractivity contribution in [2.24, 2.45) is 0 Å². The molecular formula is C23H22N6O. The van der Waals surface area contributed by atoms with Crippen LogP contribution in [0.2, 0.25) is 0 Å². The summed E-state index contributed by atoms with van der Waals surface area (Å²) >= 11 is 0. The summed E-state index contributed by atoms with van der Waals surface area (Å²) in [5, 5.41) is 7.18. The van der Waals surface area contributed by atoms with E-state index in [0.717, 1.165) is 41.5 Å². The first-order valence-electron chi connectivity index (χ1n) is 9.99. The third-order valence-corrected chi connectivity index (χ3v) is 5.57. The standard InChI is InChI=1S/C23H22N6O/c24-22-21-18(14-29(17-8-11-25-13-17)19(21)9-12-27-22)15-4-6-16(7-5-15)23(30)28-20-3-1-2-10-26-20/h1-7,9-10,12,14,17,25H,8,11,13H2,(H2,24,27)(H,26,28,30). The Morgan fingerprint density at radius 2 is 1.97 bits per heavy atom. The van der Waals surface area contributed by atoms with Crippen molar-refractivity contribution in [3.05, 3.63) is 72.7 Å². The van der Waals surface area contributed by atoms with Crippen LogP contribution in [0.3, 0.4) is 0 Å². The number of carbonyl (C=O) groups excluding carboxylic acids is 1. The lowest BCUT2D eigenvalue weighted by molar-refractivity contribution is 0.102. The van der Waals surface area contributed by atoms with Crippen LogP contribution in [0.15, 0.2) is 67.1 Å². The molecule has 150 valence electrons. The predicted molar refractivity (Wildman–Crippen MR) is 118 cm³/mol. The Kier molecular flexibility index (Phi) is 4.65. The maximum absolute atomic E-state index is 12.5. The molecule has 4 N–H and O–H groups in total. The number of hydrogen-bond donors (Lipinski definition) is 3. The van der Waals surface area contributed by atoms with Crippen molar-refractivity contribution >= 4 is 28.4 Å². The second-order valence-corrected chi connectivity index (χ2v) is 7.43. The van der Waals surface area contributed by atoms with E-state index in [1.165, 1.54) is 0 Å². The van der Waals surface area contributed by atoms with E-state index in [1.54, 1.807) is 18.5 Å². The molecule has 7 heteroatoms. The molecule has 1 aliphatic heterocycles. The van der Waals surface area contributed by atoms with Crippen LogP contribution >= 0.6 is 0 Å². The van der Waals surface area contributed by atoms with Gasteiger partial charge >= 0.3 is 0 Å². The van der Waals surface area contributed by atoms with Gasteiger partial charge < -0.3 is 20.9 Å². The van der Waals surface area contributed by atoms with Crippen molar-refractivity contribution in [3.63, 3.8) is 0 Å². The lowest BCUT2D eigenvalue weighted by Gasteiger charge is -2.12. The van der Waals surface area contributed by atoms with Gasteiger partial charge in [0.05, 0.1) is 5.52 Å². The monoisotopic (exact) mass is 398 g/mol. The van der Waals surface area contributed by atoms with Gasteiger partial charge in [-0.15, -0.1) is 0 Å². The summed E-state index contributed by atoms with van der Waals surface area (Å²) in [6.07, 6.45) is 6.64. The molecular weight excluding hydrogens is 376 g/mol. The molecule has 0 radical (unpaired) electrons. The number of hydrogen-bond acceptors (Lipinski definition) is 5. The summed E-state index contributed by atoms with van der Waals surface area (Å²) in [6.45, 7) is 1.96. The molecule has 7 nitrogen and oxygen atoms in total. The van der Waals surface area contributed by atoms with Crippen molar-refractivity contribution in [1.82, 2.24) is 19.9 Å². The van der Waals surface area contributed by atoms with E-state index in [4.69, 9.17) is 5.73 Å². The number of rotatable bonds is 4. The van der Waals surface area contributed by atoms with Crippen LogP contribution in [0, 0.1) is 0 Å². The van der Waals surface area contributed by atoms with Gasteiger partial charge in [-0.3, -0.25) is 4.79 Å². The predicted octanol–water partition coefficient (Wildman–Crippen LogP) is 3.47. The van der Waals surface area contributed by atoms with Gasteiger partial charge in [0.25, 0.3) is 5.91 Å². The first-order chi connectivity index (χ1) is 14.7. The molecule has 1 amide bonds. The highest BCUT2D eigenvalue weighted by Crippen LogP contribution is 2.36. The Balaban J connectivity index is 1.49. The molecule has 5 rings (SSSR count). The van der Waals surface area contributed by atoms with Crippen LogP contribution in [0.1, 0.15) is 22.8 Å². The zero-order valence-corrected chi connectivity index (χ0v) is 16.4. The van der Waals surface area contributed by atoms with Crippen molar-refractivity contribution < 1.29 is 4.79 Å². The van der Waals surface area contributed by atoms with Gasteiger partial charge in [0.15, 0.2) is 0 Å². The highest BCUT2D eigenvalue weighted by Gasteiger charge is 2.21. The van der Waals surface area contributed by atoms with Crippen LogP contribution in [-0.4, -0.2) is 33.5 Å². The second-order valence-electron chi connectivity index (χ2n) is 7.43. The van der Waals surface area contributed by atoms with Crippen molar-refractivity contribution in [2.45, 2.75) is 12.5 Å². The summed E-state index contributed by atoms with van der Waals surface area (Å²) in [5.74, 6) is 0.851. The van der Waals surface area contributed by atoms with E-state index in [1.807, 2.05) is 42.5 Å². The highest BCUT2D eigenvalue weighted by atomic mass is 16.1. The average Bonchev–Trinajstić information content (AvgIpc) is 3.43. The summed E-state index contributed by atoms with van der Waals surface area (Å²) in [4.78, 5) is 21.0. The fraction of sp³-hybridized carbons (Fsp3) is 0.174. The molecule has 4 heterocycles. The topological polar surface area (TPSA) is 97.9 Å². The molecule has 0 spiro atoms. The molecule has 1 aliphatic rings. The van der Waals surface area contributed by atoms with Crippen molar-refractivity contribution in [3.8, 4) is 11.1 Å². The summed E-state index contributed by atoms with van der Waals surface area (Å²) in [6, 6.07) is 15.4. The van der Waals surface area contributed by atoms with Crippen molar-refractivity contribution in [2.75, 3.05) is 24.1 Å². The number of carbonyl (C=O) groups is 1. The molecule has 1 fully saturated rings. The number of amides is 1. The number of fused-ring (bicyclic) bond motifs is 1. The van der Waals surface area contributed by atoms with Gasteiger partial charge in [-0.2, -0.15) is 0 Å². The smallest absolute Gasteiger partial charge is 0.256 e. The van der Waals surface area contributed by atoms with Gasteiger partial charge in [-0.05, 0) is 48.9 Å². The van der Waals surface area contributed by atoms with Crippen LogP contribution < -0.4 is 16.4 Å². The van der Waals surface area contributed by atoms with E-state index in [2.05, 4.69) is 31.4 Å². The SMILES string of the molecule is Nc1nccc2c1c(-c1ccc(C(=O)Nc3ccccn3)cc1)cn2C1CCNC1. The lowest BCUT2D eigenvalue weighted by Crippen LogP contribution is -2.12. The lowest BCUT2D eigenvalue weighted by atomic mass is 10.0. The Labute approximate surface area is 174 Å². The third-order valence-electron chi connectivity index (χ3n) is 5.57. The number of pyridine rings is 2. The summed E-state index contributed by atoms with van der Waals surface area (Å²) in [7, 11) is 0. The zero-order valence-electron chi connectivity index (χ0n) is 16.4. The number of nitrogens with two attached hydrogens (primary N) is 1. The van der Waals surface area contributed by atoms with E-state index in [9.17, 15) is 4.79 Å². The van der Waals surface area contributed by atoms with Gasteiger partial charge in [0.1, 0.15) is 11.6 Å². The fourth-order valence-corrected chi connectivity index (χ4v) is 4.06. The quantitative estimate of drug-likeness (QED) is 0.489. The number of nitrogen functional groups attached to an aromatic ring is 1. The highest BCUT2D eigenvalue weighted by molar-refractivity contribution is 6.05. The van der Waals surface area contributed by atoms with Crippen LogP contribution in [0.4, 0.5) is 11.6 Å². The molecule has 3 aromatic heterocycles. The Bertz CT molecular complexity index is 1190. The van der Waals surface area contributed by atoms with E-state index >= 15 is 0 Å². The summed E-state index contributed by atoms with van der Waals surface area (Å²) < 4.78 is 2.30. The number of nitrogens with one attached hydrogen (secondary N) is 2. The second kappa shape index (κ2) is 7.61. The van der Waals surface area contributed by atoms with Crippen LogP contribution in [0.25, 0.3) is 22.0 Å². The molecule has 1 unspecified atom stereocenters. The first kappa shape index (κ1) is 18.3. The molecule has 4 aromatic rings. The minimum atomic E-state index is -0.194. The van der Waals surface area contributed by atoms with Crippen LogP contribution in [0.5, 0.6) is 0 Å². The molecule has 0 saturated carbocycles. The largest absolute Gasteiger partial charge is 0.383 e. The first-order valence-corrected chi connectivity index (χ1v) is 9.99. The van der Waals surface area contributed by atoms with Gasteiger partial charge in [0.2, 0.25) is 0 Å². The van der Waals surface area contributed by atoms with E-state index in [0.29, 0.717) is 23.2 Å². The molecule has 1 atom stereocenters. The molecule has 1 aromatic carbocycles. The Morgan fingerprint density at radius 1 is 1.10 bits per heavy atom. The molecule has 0 bridgehead atoms. The molecule has 1 saturated heterocycles. The number of anilines is 2. The third kappa shape index (κ3) is 3.29. The number of aromatic nitrogens is 3.